The van der Waals surface area contributed by atoms with Crippen molar-refractivity contribution in [3.63, 3.8) is 0 Å². The number of nitrogen functional groups attached to an aromatic ring is 1. The average molecular weight is 367 g/mol. The normalized spacial score (nSPS) is 25.4. The first kappa shape index (κ1) is 14.9. The molecular formula is C16H19BrN2OS. The van der Waals surface area contributed by atoms with Gasteiger partial charge < -0.3 is 11.1 Å². The highest BCUT2D eigenvalue weighted by molar-refractivity contribution is 9.10. The Kier molecular flexibility index (Phi) is 3.97. The Morgan fingerprint density at radius 2 is 2.14 bits per heavy atom. The van der Waals surface area contributed by atoms with Crippen LogP contribution in [0.1, 0.15) is 36.4 Å². The van der Waals surface area contributed by atoms with Crippen LogP contribution in [0.3, 0.4) is 0 Å². The number of nitrogens with one attached hydrogen (secondary N) is 1. The van der Waals surface area contributed by atoms with Crippen molar-refractivity contribution in [1.82, 2.24) is 5.32 Å². The van der Waals surface area contributed by atoms with Crippen LogP contribution in [0, 0.1) is 11.8 Å². The van der Waals surface area contributed by atoms with E-state index in [4.69, 9.17) is 5.73 Å². The highest BCUT2D eigenvalue weighted by Gasteiger charge is 2.31. The average Bonchev–Trinajstić information content (AvgIpc) is 2.93. The lowest BCUT2D eigenvalue weighted by Gasteiger charge is -2.19. The number of anilines is 1. The molecule has 3 atom stereocenters. The van der Waals surface area contributed by atoms with Crippen molar-refractivity contribution in [2.24, 2.45) is 11.8 Å². The molecule has 3 nitrogen and oxygen atoms in total. The molecule has 0 saturated heterocycles. The van der Waals surface area contributed by atoms with Gasteiger partial charge in [-0.15, -0.1) is 11.3 Å². The number of rotatable bonds is 2. The smallest absolute Gasteiger partial charge is 0.263 e. The van der Waals surface area contributed by atoms with Gasteiger partial charge in [0.1, 0.15) is 4.88 Å². The molecule has 1 aromatic heterocycles. The Morgan fingerprint density at radius 3 is 2.81 bits per heavy atom. The third kappa shape index (κ3) is 2.69. The number of fused-ring (bicyclic) bond motifs is 1. The van der Waals surface area contributed by atoms with Crippen molar-refractivity contribution >= 4 is 48.9 Å². The molecule has 1 aliphatic carbocycles. The Morgan fingerprint density at radius 1 is 1.38 bits per heavy atom. The number of hydrogen-bond acceptors (Lipinski definition) is 3. The van der Waals surface area contributed by atoms with Crippen LogP contribution in [0.5, 0.6) is 0 Å². The molecule has 1 amide bonds. The largest absolute Gasteiger partial charge is 0.397 e. The summed E-state index contributed by atoms with van der Waals surface area (Å²) in [5, 5.41) is 4.13. The number of carbonyl (C=O) groups excluding carboxylic acids is 1. The fourth-order valence-electron chi connectivity index (χ4n) is 3.06. The number of hydrogen-bond donors (Lipinski definition) is 2. The quantitative estimate of drug-likeness (QED) is 0.826. The summed E-state index contributed by atoms with van der Waals surface area (Å²) in [5.74, 6) is 1.17. The van der Waals surface area contributed by atoms with Gasteiger partial charge in [-0.3, -0.25) is 4.79 Å². The molecule has 3 unspecified atom stereocenters. The van der Waals surface area contributed by atoms with Crippen molar-refractivity contribution < 1.29 is 4.79 Å². The highest BCUT2D eigenvalue weighted by atomic mass is 79.9. The Labute approximate surface area is 137 Å². The molecular weight excluding hydrogens is 348 g/mol. The summed E-state index contributed by atoms with van der Waals surface area (Å²) in [4.78, 5) is 13.2. The van der Waals surface area contributed by atoms with Gasteiger partial charge in [-0.1, -0.05) is 35.8 Å². The lowest BCUT2D eigenvalue weighted by molar-refractivity contribution is 0.0932. The van der Waals surface area contributed by atoms with Crippen LogP contribution in [-0.2, 0) is 0 Å². The van der Waals surface area contributed by atoms with E-state index in [1.54, 1.807) is 0 Å². The first-order valence-electron chi connectivity index (χ1n) is 7.25. The van der Waals surface area contributed by atoms with Gasteiger partial charge in [0.2, 0.25) is 0 Å². The summed E-state index contributed by atoms with van der Waals surface area (Å²) in [5.41, 5.74) is 6.76. The predicted molar refractivity (Wildman–Crippen MR) is 92.8 cm³/mol. The second-order valence-electron chi connectivity index (χ2n) is 5.98. The molecule has 1 aliphatic rings. The molecule has 0 aliphatic heterocycles. The molecule has 5 heteroatoms. The fraction of sp³-hybridized carbons (Fsp3) is 0.438. The predicted octanol–water partition coefficient (Wildman–Crippen LogP) is 4.41. The zero-order chi connectivity index (χ0) is 15.1. The highest BCUT2D eigenvalue weighted by Crippen LogP contribution is 2.36. The molecule has 2 aromatic rings. The number of nitrogens with two attached hydrogens (primary N) is 1. The number of amides is 1. The maximum atomic E-state index is 12.5. The van der Waals surface area contributed by atoms with Gasteiger partial charge in [0.05, 0.1) is 5.69 Å². The zero-order valence-corrected chi connectivity index (χ0v) is 14.6. The van der Waals surface area contributed by atoms with Crippen LogP contribution in [-0.4, -0.2) is 11.9 Å². The standard InChI is InChI=1S/C16H19BrN2OS/c1-8-3-6-12(9(8)2)19-16(20)15-14(18)11-5-4-10(17)7-13(11)21-15/h4-5,7-9,12H,3,6,18H2,1-2H3,(H,19,20). The first-order chi connectivity index (χ1) is 9.97. The van der Waals surface area contributed by atoms with E-state index < -0.39 is 0 Å². The van der Waals surface area contributed by atoms with E-state index in [2.05, 4.69) is 35.1 Å². The van der Waals surface area contributed by atoms with Crippen LogP contribution < -0.4 is 11.1 Å². The van der Waals surface area contributed by atoms with Gasteiger partial charge in [-0.2, -0.15) is 0 Å². The minimum atomic E-state index is -0.0317. The van der Waals surface area contributed by atoms with E-state index in [0.29, 0.717) is 22.4 Å². The van der Waals surface area contributed by atoms with E-state index in [-0.39, 0.29) is 11.9 Å². The SMILES string of the molecule is CC1CCC(NC(=O)c2sc3cc(Br)ccc3c2N)C1C. The van der Waals surface area contributed by atoms with E-state index in [0.717, 1.165) is 21.0 Å². The lowest BCUT2D eigenvalue weighted by Crippen LogP contribution is -2.37. The maximum Gasteiger partial charge on any atom is 0.263 e. The third-order valence-electron chi connectivity index (χ3n) is 4.68. The van der Waals surface area contributed by atoms with Crippen molar-refractivity contribution in [3.8, 4) is 0 Å². The van der Waals surface area contributed by atoms with Crippen LogP contribution in [0.4, 0.5) is 5.69 Å². The first-order valence-corrected chi connectivity index (χ1v) is 8.86. The second-order valence-corrected chi connectivity index (χ2v) is 7.95. The molecule has 1 aromatic carbocycles. The summed E-state index contributed by atoms with van der Waals surface area (Å²) in [6.07, 6.45) is 2.24. The van der Waals surface area contributed by atoms with E-state index in [1.807, 2.05) is 18.2 Å². The molecule has 21 heavy (non-hydrogen) atoms. The minimum absolute atomic E-state index is 0.0317. The summed E-state index contributed by atoms with van der Waals surface area (Å²) >= 11 is 4.92. The molecule has 1 heterocycles. The molecule has 0 radical (unpaired) electrons. The van der Waals surface area contributed by atoms with Gasteiger partial charge >= 0.3 is 0 Å². The fourth-order valence-corrected chi connectivity index (χ4v) is 4.64. The molecule has 1 saturated carbocycles. The third-order valence-corrected chi connectivity index (χ3v) is 6.34. The van der Waals surface area contributed by atoms with Crippen molar-refractivity contribution in [3.05, 3.63) is 27.5 Å². The lowest BCUT2D eigenvalue weighted by atomic mass is 9.98. The van der Waals surface area contributed by atoms with Crippen LogP contribution >= 0.6 is 27.3 Å². The van der Waals surface area contributed by atoms with Crippen LogP contribution in [0.2, 0.25) is 0 Å². The topological polar surface area (TPSA) is 55.1 Å². The Balaban J connectivity index is 1.86. The molecule has 1 fully saturated rings. The van der Waals surface area contributed by atoms with E-state index in [1.165, 1.54) is 17.8 Å². The van der Waals surface area contributed by atoms with E-state index in [9.17, 15) is 4.79 Å². The molecule has 3 N–H and O–H groups in total. The van der Waals surface area contributed by atoms with Crippen molar-refractivity contribution in [2.45, 2.75) is 32.7 Å². The monoisotopic (exact) mass is 366 g/mol. The molecule has 3 rings (SSSR count). The summed E-state index contributed by atoms with van der Waals surface area (Å²) < 4.78 is 2.04. The van der Waals surface area contributed by atoms with Crippen molar-refractivity contribution in [2.75, 3.05) is 5.73 Å². The number of benzene rings is 1. The Bertz CT molecular complexity index is 697. The van der Waals surface area contributed by atoms with Gasteiger partial charge in [0.15, 0.2) is 0 Å². The number of carbonyl (C=O) groups is 1. The zero-order valence-electron chi connectivity index (χ0n) is 12.2. The van der Waals surface area contributed by atoms with Crippen LogP contribution in [0.15, 0.2) is 22.7 Å². The van der Waals surface area contributed by atoms with Gasteiger partial charge in [0, 0.05) is 20.6 Å². The minimum Gasteiger partial charge on any atom is -0.397 e. The number of halogens is 1. The maximum absolute atomic E-state index is 12.5. The van der Waals surface area contributed by atoms with Crippen molar-refractivity contribution in [1.29, 1.82) is 0 Å². The summed E-state index contributed by atoms with van der Waals surface area (Å²) in [6, 6.07) is 6.19. The molecule has 0 bridgehead atoms. The van der Waals surface area contributed by atoms with E-state index >= 15 is 0 Å². The Hall–Kier alpha value is -1.07. The second kappa shape index (κ2) is 5.61. The summed E-state index contributed by atoms with van der Waals surface area (Å²) in [7, 11) is 0. The van der Waals surface area contributed by atoms with Gasteiger partial charge in [-0.25, -0.2) is 0 Å². The molecule has 0 spiro atoms. The van der Waals surface area contributed by atoms with Gasteiger partial charge in [0.25, 0.3) is 5.91 Å². The number of thiophene rings is 1. The van der Waals surface area contributed by atoms with Gasteiger partial charge in [-0.05, 0) is 36.8 Å². The summed E-state index contributed by atoms with van der Waals surface area (Å²) in [6.45, 7) is 4.47. The molecule has 112 valence electrons. The van der Waals surface area contributed by atoms with Crippen LogP contribution in [0.25, 0.3) is 10.1 Å².